The van der Waals surface area contributed by atoms with Crippen LogP contribution in [0.1, 0.15) is 61.4 Å². The summed E-state index contributed by atoms with van der Waals surface area (Å²) < 4.78 is 60.6. The van der Waals surface area contributed by atoms with Crippen molar-refractivity contribution in [2.45, 2.75) is 56.5 Å². The van der Waals surface area contributed by atoms with Crippen LogP contribution in [0, 0.1) is 0 Å². The third-order valence-corrected chi connectivity index (χ3v) is 8.33. The number of likely N-dealkylation sites (tertiary alicyclic amines) is 1. The van der Waals surface area contributed by atoms with Crippen molar-refractivity contribution < 1.29 is 36.3 Å². The van der Waals surface area contributed by atoms with Gasteiger partial charge in [-0.2, -0.15) is 13.2 Å². The van der Waals surface area contributed by atoms with Gasteiger partial charge in [0.15, 0.2) is 0 Å². The largest absolute Gasteiger partial charge is 0.490 e. The number of sulfonamides is 1. The number of halogens is 3. The van der Waals surface area contributed by atoms with Gasteiger partial charge in [0.05, 0.1) is 10.5 Å². The summed E-state index contributed by atoms with van der Waals surface area (Å²) in [5.74, 6) is -2.44. The fourth-order valence-corrected chi connectivity index (χ4v) is 5.69. The molecule has 0 unspecified atom stereocenters. The molecule has 0 saturated carbocycles. The van der Waals surface area contributed by atoms with Crippen molar-refractivity contribution in [3.05, 3.63) is 53.6 Å². The summed E-state index contributed by atoms with van der Waals surface area (Å²) in [4.78, 5) is 26.9. The van der Waals surface area contributed by atoms with Crippen LogP contribution in [0.3, 0.4) is 0 Å². The van der Waals surface area contributed by atoms with Crippen LogP contribution in [-0.2, 0) is 14.8 Å². The standard InChI is InChI=1S/C26H36N4O3S.C2HF3O2/c1-20(2)21-7-10-23(11-8-21)34(32,33)28-22-9-12-25(29-17-13-27-14-18-29)24(19-22)26(31)30-15-5-3-4-6-16-30;3-2(4,5)1(6)7/h7-12,19-20,27-28H,3-6,13-18H2,1-2H3;(H,6,7). The molecule has 0 bridgehead atoms. The predicted octanol–water partition coefficient (Wildman–Crippen LogP) is 4.67. The molecule has 2 heterocycles. The first kappa shape index (κ1) is 32.2. The van der Waals surface area contributed by atoms with E-state index >= 15 is 0 Å². The van der Waals surface area contributed by atoms with Crippen molar-refractivity contribution in [2.75, 3.05) is 48.9 Å². The summed E-state index contributed by atoms with van der Waals surface area (Å²) in [5.41, 5.74) is 2.94. The zero-order valence-electron chi connectivity index (χ0n) is 23.2. The number of amides is 1. The van der Waals surface area contributed by atoms with Gasteiger partial charge < -0.3 is 20.2 Å². The Morgan fingerprint density at radius 1 is 0.927 bits per heavy atom. The summed E-state index contributed by atoms with van der Waals surface area (Å²) in [5, 5.41) is 10.5. The van der Waals surface area contributed by atoms with Crippen LogP contribution in [0.25, 0.3) is 0 Å². The number of rotatable bonds is 6. The number of aliphatic carboxylic acids is 1. The third kappa shape index (κ3) is 9.09. The second-order valence-electron chi connectivity index (χ2n) is 10.3. The van der Waals surface area contributed by atoms with Crippen LogP contribution < -0.4 is 14.9 Å². The van der Waals surface area contributed by atoms with Gasteiger partial charge in [0.1, 0.15) is 0 Å². The van der Waals surface area contributed by atoms with Gasteiger partial charge >= 0.3 is 12.1 Å². The summed E-state index contributed by atoms with van der Waals surface area (Å²) in [7, 11) is -3.77. The third-order valence-electron chi connectivity index (χ3n) is 6.93. The van der Waals surface area contributed by atoms with Crippen molar-refractivity contribution >= 4 is 33.3 Å². The topological polar surface area (TPSA) is 119 Å². The fourth-order valence-electron chi connectivity index (χ4n) is 4.64. The van der Waals surface area contributed by atoms with Crippen molar-refractivity contribution in [1.82, 2.24) is 10.2 Å². The number of benzene rings is 2. The summed E-state index contributed by atoms with van der Waals surface area (Å²) >= 11 is 0. The average molecular weight is 599 g/mol. The Morgan fingerprint density at radius 2 is 1.49 bits per heavy atom. The molecule has 0 atom stereocenters. The Bertz CT molecular complexity index is 1290. The molecule has 41 heavy (non-hydrogen) atoms. The number of piperazine rings is 1. The van der Waals surface area contributed by atoms with Crippen LogP contribution in [0.4, 0.5) is 24.5 Å². The average Bonchev–Trinajstić information content (AvgIpc) is 3.22. The quantitative estimate of drug-likeness (QED) is 0.442. The van der Waals surface area contributed by atoms with E-state index in [0.29, 0.717) is 17.2 Å². The smallest absolute Gasteiger partial charge is 0.475 e. The second kappa shape index (κ2) is 14.0. The van der Waals surface area contributed by atoms with E-state index in [1.165, 1.54) is 0 Å². The van der Waals surface area contributed by atoms with E-state index in [1.54, 1.807) is 24.3 Å². The summed E-state index contributed by atoms with van der Waals surface area (Å²) in [6.07, 6.45) is -0.783. The van der Waals surface area contributed by atoms with Gasteiger partial charge in [0.2, 0.25) is 0 Å². The molecule has 0 spiro atoms. The van der Waals surface area contributed by atoms with E-state index in [-0.39, 0.29) is 10.8 Å². The van der Waals surface area contributed by atoms with Crippen LogP contribution >= 0.6 is 0 Å². The number of nitrogens with zero attached hydrogens (tertiary/aromatic N) is 2. The van der Waals surface area contributed by atoms with Gasteiger partial charge in [-0.15, -0.1) is 0 Å². The van der Waals surface area contributed by atoms with Gasteiger partial charge in [-0.3, -0.25) is 9.52 Å². The Balaban J connectivity index is 0.000000587. The molecule has 2 aliphatic heterocycles. The van der Waals surface area contributed by atoms with Gasteiger partial charge in [-0.25, -0.2) is 13.2 Å². The van der Waals surface area contributed by atoms with Gasteiger partial charge in [0, 0.05) is 50.6 Å². The molecule has 0 aromatic heterocycles. The van der Waals surface area contributed by atoms with E-state index in [1.807, 2.05) is 23.1 Å². The lowest BCUT2D eigenvalue weighted by Gasteiger charge is -2.32. The Kier molecular flexibility index (Phi) is 11.0. The Hall–Kier alpha value is -3.32. The number of carbonyl (C=O) groups is 2. The summed E-state index contributed by atoms with van der Waals surface area (Å²) in [6, 6.07) is 12.3. The molecule has 3 N–H and O–H groups in total. The van der Waals surface area contributed by atoms with Crippen LogP contribution in [0.2, 0.25) is 0 Å². The molecule has 2 aromatic carbocycles. The van der Waals surface area contributed by atoms with Gasteiger partial charge in [-0.05, 0) is 54.7 Å². The molecule has 13 heteroatoms. The first-order valence-corrected chi connectivity index (χ1v) is 15.1. The predicted molar refractivity (Wildman–Crippen MR) is 151 cm³/mol. The lowest BCUT2D eigenvalue weighted by molar-refractivity contribution is -0.192. The highest BCUT2D eigenvalue weighted by Gasteiger charge is 2.38. The Labute approximate surface area is 238 Å². The number of hydrogen-bond acceptors (Lipinski definition) is 6. The second-order valence-corrected chi connectivity index (χ2v) is 12.0. The number of hydrogen-bond donors (Lipinski definition) is 3. The molecule has 9 nitrogen and oxygen atoms in total. The Morgan fingerprint density at radius 3 is 2.00 bits per heavy atom. The highest BCUT2D eigenvalue weighted by Crippen LogP contribution is 2.29. The number of nitrogens with one attached hydrogen (secondary N) is 2. The van der Waals surface area contributed by atoms with Gasteiger partial charge in [0.25, 0.3) is 15.9 Å². The first-order valence-electron chi connectivity index (χ1n) is 13.6. The minimum atomic E-state index is -5.08. The lowest BCUT2D eigenvalue weighted by Crippen LogP contribution is -2.44. The molecule has 2 aromatic rings. The van der Waals surface area contributed by atoms with E-state index in [2.05, 4.69) is 28.8 Å². The number of carboxylic acid groups (broad SMARTS) is 1. The molecular formula is C28H37F3N4O5S. The molecule has 4 rings (SSSR count). The highest BCUT2D eigenvalue weighted by atomic mass is 32.2. The lowest BCUT2D eigenvalue weighted by atomic mass is 10.0. The van der Waals surface area contributed by atoms with Crippen molar-refractivity contribution in [3.8, 4) is 0 Å². The maximum atomic E-state index is 13.6. The van der Waals surface area contributed by atoms with Crippen molar-refractivity contribution in [1.29, 1.82) is 0 Å². The monoisotopic (exact) mass is 598 g/mol. The van der Waals surface area contributed by atoms with Crippen LogP contribution in [0.5, 0.6) is 0 Å². The normalized spacial score (nSPS) is 16.4. The zero-order chi connectivity index (χ0) is 30.2. The van der Waals surface area contributed by atoms with E-state index < -0.39 is 22.2 Å². The number of carboxylic acids is 1. The van der Waals surface area contributed by atoms with E-state index in [0.717, 1.165) is 76.2 Å². The molecule has 0 radical (unpaired) electrons. The number of anilines is 2. The number of alkyl halides is 3. The maximum absolute atomic E-state index is 13.6. The molecule has 2 saturated heterocycles. The SMILES string of the molecule is CC(C)c1ccc(S(=O)(=O)Nc2ccc(N3CCNCC3)c(C(=O)N3CCCCCC3)c2)cc1.O=C(O)C(F)(F)F. The first-order chi connectivity index (χ1) is 19.3. The molecule has 2 aliphatic rings. The molecule has 2 fully saturated rings. The van der Waals surface area contributed by atoms with Crippen molar-refractivity contribution in [2.24, 2.45) is 0 Å². The minimum Gasteiger partial charge on any atom is -0.475 e. The van der Waals surface area contributed by atoms with Gasteiger partial charge in [-0.1, -0.05) is 38.8 Å². The van der Waals surface area contributed by atoms with E-state index in [9.17, 15) is 26.4 Å². The number of carbonyl (C=O) groups excluding carboxylic acids is 1. The van der Waals surface area contributed by atoms with E-state index in [4.69, 9.17) is 9.90 Å². The fraction of sp³-hybridized carbons (Fsp3) is 0.500. The summed E-state index contributed by atoms with van der Waals surface area (Å²) in [6.45, 7) is 8.99. The molecular weight excluding hydrogens is 561 g/mol. The molecule has 226 valence electrons. The molecule has 0 aliphatic carbocycles. The minimum absolute atomic E-state index is 0.0160. The van der Waals surface area contributed by atoms with Crippen LogP contribution in [0.15, 0.2) is 47.4 Å². The van der Waals surface area contributed by atoms with Crippen LogP contribution in [-0.4, -0.2) is 75.7 Å². The highest BCUT2D eigenvalue weighted by molar-refractivity contribution is 7.92. The molecule has 1 amide bonds. The zero-order valence-corrected chi connectivity index (χ0v) is 24.0. The van der Waals surface area contributed by atoms with Crippen molar-refractivity contribution in [3.63, 3.8) is 0 Å². The maximum Gasteiger partial charge on any atom is 0.490 e.